The predicted molar refractivity (Wildman–Crippen MR) is 48.2 cm³/mol. The van der Waals surface area contributed by atoms with Crippen molar-refractivity contribution < 1.29 is 4.52 Å². The van der Waals surface area contributed by atoms with Crippen LogP contribution in [0.15, 0.2) is 29.4 Å². The van der Waals surface area contributed by atoms with E-state index in [4.69, 9.17) is 0 Å². The molecule has 1 N–H and O–H groups in total. The van der Waals surface area contributed by atoms with Gasteiger partial charge in [0.1, 0.15) is 0 Å². The van der Waals surface area contributed by atoms with Gasteiger partial charge in [0.15, 0.2) is 5.82 Å². The van der Waals surface area contributed by atoms with Crippen molar-refractivity contribution in [2.75, 3.05) is 6.54 Å². The van der Waals surface area contributed by atoms with Crippen molar-refractivity contribution in [1.29, 1.82) is 0 Å². The fraction of sp³-hybridized carbons (Fsp3) is 0.375. The monoisotopic (exact) mass is 193 g/mol. The molecule has 74 valence electrons. The minimum atomic E-state index is 0.623. The van der Waals surface area contributed by atoms with Crippen LogP contribution in [-0.4, -0.2) is 26.5 Å². The Hall–Kier alpha value is -1.69. The van der Waals surface area contributed by atoms with Crippen molar-refractivity contribution in [3.8, 4) is 0 Å². The van der Waals surface area contributed by atoms with E-state index in [1.54, 1.807) is 6.20 Å². The molecule has 2 aromatic rings. The lowest BCUT2D eigenvalue weighted by molar-refractivity contribution is 0.406. The first-order valence-corrected chi connectivity index (χ1v) is 4.38. The molecule has 0 amide bonds. The first-order chi connectivity index (χ1) is 6.95. The van der Waals surface area contributed by atoms with E-state index < -0.39 is 0 Å². The van der Waals surface area contributed by atoms with Gasteiger partial charge < -0.3 is 9.84 Å². The average molecular weight is 193 g/mol. The summed E-state index contributed by atoms with van der Waals surface area (Å²) < 4.78 is 6.46. The molecular weight excluding hydrogens is 182 g/mol. The molecule has 0 radical (unpaired) electrons. The number of nitrogens with one attached hydrogen (secondary N) is 1. The van der Waals surface area contributed by atoms with E-state index in [1.807, 2.05) is 16.9 Å². The largest absolute Gasteiger partial charge is 0.343 e. The second-order valence-corrected chi connectivity index (χ2v) is 2.79. The van der Waals surface area contributed by atoms with Gasteiger partial charge in [0.05, 0.1) is 13.1 Å². The SMILES string of the molecule is c1cnn(CCNCc2ncon2)c1. The van der Waals surface area contributed by atoms with Crippen LogP contribution in [0.4, 0.5) is 0 Å². The van der Waals surface area contributed by atoms with Gasteiger partial charge in [-0.05, 0) is 6.07 Å². The van der Waals surface area contributed by atoms with E-state index in [1.165, 1.54) is 6.39 Å². The molecule has 0 atom stereocenters. The van der Waals surface area contributed by atoms with Gasteiger partial charge >= 0.3 is 0 Å². The smallest absolute Gasteiger partial charge is 0.213 e. The molecule has 6 heteroatoms. The summed E-state index contributed by atoms with van der Waals surface area (Å²) in [5.41, 5.74) is 0. The molecular formula is C8H11N5O. The Bertz CT molecular complexity index is 305. The van der Waals surface area contributed by atoms with Crippen LogP contribution in [0.3, 0.4) is 0 Å². The Kier molecular flexibility index (Phi) is 2.87. The van der Waals surface area contributed by atoms with E-state index in [0.29, 0.717) is 12.4 Å². The number of hydrogen-bond donors (Lipinski definition) is 1. The molecule has 0 saturated carbocycles. The summed E-state index contributed by atoms with van der Waals surface area (Å²) in [6.07, 6.45) is 5.01. The minimum absolute atomic E-state index is 0.623. The van der Waals surface area contributed by atoms with Crippen molar-refractivity contribution in [3.63, 3.8) is 0 Å². The lowest BCUT2D eigenvalue weighted by atomic mass is 10.5. The molecule has 2 rings (SSSR count). The van der Waals surface area contributed by atoms with E-state index in [-0.39, 0.29) is 0 Å². The van der Waals surface area contributed by atoms with Gasteiger partial charge in [-0.1, -0.05) is 5.16 Å². The highest BCUT2D eigenvalue weighted by Crippen LogP contribution is 1.87. The number of aromatic nitrogens is 4. The van der Waals surface area contributed by atoms with Crippen molar-refractivity contribution in [2.45, 2.75) is 13.1 Å². The van der Waals surface area contributed by atoms with E-state index in [0.717, 1.165) is 13.1 Å². The molecule has 0 bridgehead atoms. The summed E-state index contributed by atoms with van der Waals surface area (Å²) in [4.78, 5) is 3.89. The summed E-state index contributed by atoms with van der Waals surface area (Å²) in [5, 5.41) is 10.9. The highest BCUT2D eigenvalue weighted by atomic mass is 16.5. The zero-order valence-electron chi connectivity index (χ0n) is 7.63. The van der Waals surface area contributed by atoms with E-state index in [2.05, 4.69) is 25.1 Å². The van der Waals surface area contributed by atoms with Crippen LogP contribution in [0.5, 0.6) is 0 Å². The molecule has 0 aliphatic rings. The summed E-state index contributed by atoms with van der Waals surface area (Å²) in [5.74, 6) is 0.672. The van der Waals surface area contributed by atoms with Gasteiger partial charge in [0.2, 0.25) is 6.39 Å². The summed E-state index contributed by atoms with van der Waals surface area (Å²) in [6, 6.07) is 1.90. The van der Waals surface area contributed by atoms with Gasteiger partial charge in [-0.25, -0.2) is 0 Å². The van der Waals surface area contributed by atoms with E-state index >= 15 is 0 Å². The van der Waals surface area contributed by atoms with Crippen molar-refractivity contribution >= 4 is 0 Å². The molecule has 0 aliphatic carbocycles. The first kappa shape index (κ1) is 8.89. The third-order valence-electron chi connectivity index (χ3n) is 1.77. The summed E-state index contributed by atoms with van der Waals surface area (Å²) >= 11 is 0. The minimum Gasteiger partial charge on any atom is -0.343 e. The van der Waals surface area contributed by atoms with Gasteiger partial charge in [-0.2, -0.15) is 10.1 Å². The maximum Gasteiger partial charge on any atom is 0.213 e. The maximum atomic E-state index is 4.60. The summed E-state index contributed by atoms with van der Waals surface area (Å²) in [6.45, 7) is 2.29. The van der Waals surface area contributed by atoms with Crippen molar-refractivity contribution in [2.24, 2.45) is 0 Å². The van der Waals surface area contributed by atoms with Crippen LogP contribution in [0.2, 0.25) is 0 Å². The lowest BCUT2D eigenvalue weighted by Crippen LogP contribution is -2.20. The van der Waals surface area contributed by atoms with Crippen LogP contribution in [0, 0.1) is 0 Å². The molecule has 0 aromatic carbocycles. The highest BCUT2D eigenvalue weighted by molar-refractivity contribution is 4.78. The van der Waals surface area contributed by atoms with Crippen LogP contribution in [0.1, 0.15) is 5.82 Å². The van der Waals surface area contributed by atoms with Gasteiger partial charge in [-0.15, -0.1) is 0 Å². The average Bonchev–Trinajstić information content (AvgIpc) is 2.86. The van der Waals surface area contributed by atoms with E-state index in [9.17, 15) is 0 Å². The predicted octanol–water partition coefficient (Wildman–Crippen LogP) is 0.0559. The highest BCUT2D eigenvalue weighted by Gasteiger charge is 1.96. The molecule has 0 saturated heterocycles. The molecule has 14 heavy (non-hydrogen) atoms. The Morgan fingerprint density at radius 1 is 1.50 bits per heavy atom. The summed E-state index contributed by atoms with van der Waals surface area (Å²) in [7, 11) is 0. The number of rotatable bonds is 5. The molecule has 0 fully saturated rings. The maximum absolute atomic E-state index is 4.60. The van der Waals surface area contributed by atoms with Crippen LogP contribution >= 0.6 is 0 Å². The van der Waals surface area contributed by atoms with Gasteiger partial charge in [-0.3, -0.25) is 4.68 Å². The second-order valence-electron chi connectivity index (χ2n) is 2.79. The molecule has 0 spiro atoms. The Labute approximate surface area is 80.9 Å². The van der Waals surface area contributed by atoms with Crippen LogP contribution < -0.4 is 5.32 Å². The standard InChI is InChI=1S/C8H11N5O/c1-2-11-13(4-1)5-3-9-6-8-10-7-14-12-8/h1-2,4,7,9H,3,5-6H2. The Morgan fingerprint density at radius 3 is 3.21 bits per heavy atom. The fourth-order valence-electron chi connectivity index (χ4n) is 1.10. The van der Waals surface area contributed by atoms with Crippen LogP contribution in [-0.2, 0) is 13.1 Å². The first-order valence-electron chi connectivity index (χ1n) is 4.38. The molecule has 6 nitrogen and oxygen atoms in total. The van der Waals surface area contributed by atoms with Crippen LogP contribution in [0.25, 0.3) is 0 Å². The number of nitrogens with zero attached hydrogens (tertiary/aromatic N) is 4. The Morgan fingerprint density at radius 2 is 2.50 bits per heavy atom. The topological polar surface area (TPSA) is 68.8 Å². The second kappa shape index (κ2) is 4.52. The van der Waals surface area contributed by atoms with Gasteiger partial charge in [0, 0.05) is 18.9 Å². The number of hydrogen-bond acceptors (Lipinski definition) is 5. The third-order valence-corrected chi connectivity index (χ3v) is 1.77. The molecule has 0 unspecified atom stereocenters. The molecule has 2 aromatic heterocycles. The fourth-order valence-corrected chi connectivity index (χ4v) is 1.10. The van der Waals surface area contributed by atoms with Crippen molar-refractivity contribution in [1.82, 2.24) is 25.2 Å². The quantitative estimate of drug-likeness (QED) is 0.680. The molecule has 2 heterocycles. The zero-order chi connectivity index (χ0) is 9.64. The molecule has 0 aliphatic heterocycles. The van der Waals surface area contributed by atoms with Crippen molar-refractivity contribution in [3.05, 3.63) is 30.7 Å². The Balaban J connectivity index is 1.65. The third kappa shape index (κ3) is 2.40. The normalized spacial score (nSPS) is 10.6. The lowest BCUT2D eigenvalue weighted by Gasteiger charge is -2.01. The van der Waals surface area contributed by atoms with Gasteiger partial charge in [0.25, 0.3) is 0 Å². The zero-order valence-corrected chi connectivity index (χ0v) is 7.63.